The fourth-order valence-corrected chi connectivity index (χ4v) is 1.89. The van der Waals surface area contributed by atoms with Crippen LogP contribution in [0.2, 0.25) is 0 Å². The van der Waals surface area contributed by atoms with Crippen molar-refractivity contribution in [2.24, 2.45) is 0 Å². The van der Waals surface area contributed by atoms with Crippen LogP contribution >= 0.6 is 11.8 Å². The molecular formula is C11H8F2N2S. The van der Waals surface area contributed by atoms with E-state index < -0.39 is 11.6 Å². The highest BCUT2D eigenvalue weighted by Crippen LogP contribution is 2.27. The second-order valence-electron chi connectivity index (χ2n) is 3.11. The molecule has 0 atom stereocenters. The van der Waals surface area contributed by atoms with Gasteiger partial charge in [-0.3, -0.25) is 0 Å². The Morgan fingerprint density at radius 2 is 1.88 bits per heavy atom. The summed E-state index contributed by atoms with van der Waals surface area (Å²) in [6, 6.07) is 7.16. The number of nitrogens with two attached hydrogens (primary N) is 1. The van der Waals surface area contributed by atoms with Crippen LogP contribution in [-0.4, -0.2) is 4.98 Å². The predicted octanol–water partition coefficient (Wildman–Crippen LogP) is 3.09. The first-order chi connectivity index (χ1) is 7.65. The summed E-state index contributed by atoms with van der Waals surface area (Å²) in [5.74, 6) is -1.71. The molecule has 0 bridgehead atoms. The minimum absolute atomic E-state index is 0.564. The van der Waals surface area contributed by atoms with E-state index in [0.29, 0.717) is 15.6 Å². The minimum atomic E-state index is -0.861. The molecule has 0 saturated carbocycles. The Morgan fingerprint density at radius 1 is 1.06 bits per heavy atom. The Balaban J connectivity index is 2.20. The molecule has 0 amide bonds. The molecule has 0 unspecified atom stereocenters. The van der Waals surface area contributed by atoms with E-state index in [1.165, 1.54) is 24.0 Å². The molecule has 1 aromatic carbocycles. The third-order valence-corrected chi connectivity index (χ3v) is 2.81. The smallest absolute Gasteiger partial charge is 0.159 e. The lowest BCUT2D eigenvalue weighted by atomic mass is 10.3. The molecule has 16 heavy (non-hydrogen) atoms. The molecule has 2 rings (SSSR count). The van der Waals surface area contributed by atoms with Crippen LogP contribution in [-0.2, 0) is 0 Å². The molecule has 0 saturated heterocycles. The summed E-state index contributed by atoms with van der Waals surface area (Å²) in [4.78, 5) is 4.64. The maximum Gasteiger partial charge on any atom is 0.159 e. The van der Waals surface area contributed by atoms with Crippen LogP contribution < -0.4 is 5.73 Å². The number of pyridine rings is 1. The number of hydrogen-bond acceptors (Lipinski definition) is 3. The molecule has 2 aromatic rings. The summed E-state index contributed by atoms with van der Waals surface area (Å²) in [5, 5.41) is 0.681. The highest BCUT2D eigenvalue weighted by molar-refractivity contribution is 7.99. The molecule has 0 aliphatic heterocycles. The first kappa shape index (κ1) is 10.9. The van der Waals surface area contributed by atoms with E-state index in [1.807, 2.05) is 0 Å². The van der Waals surface area contributed by atoms with Crippen LogP contribution in [0.3, 0.4) is 0 Å². The Hall–Kier alpha value is -1.62. The maximum atomic E-state index is 12.9. The average Bonchev–Trinajstić information content (AvgIpc) is 2.27. The van der Waals surface area contributed by atoms with E-state index in [9.17, 15) is 8.78 Å². The molecule has 0 radical (unpaired) electrons. The Morgan fingerprint density at radius 3 is 2.50 bits per heavy atom. The predicted molar refractivity (Wildman–Crippen MR) is 59.1 cm³/mol. The lowest BCUT2D eigenvalue weighted by Crippen LogP contribution is -1.87. The molecule has 0 spiro atoms. The van der Waals surface area contributed by atoms with Crippen molar-refractivity contribution >= 4 is 17.4 Å². The van der Waals surface area contributed by atoms with Gasteiger partial charge in [0.25, 0.3) is 0 Å². The van der Waals surface area contributed by atoms with Gasteiger partial charge in [0, 0.05) is 4.90 Å². The van der Waals surface area contributed by atoms with E-state index >= 15 is 0 Å². The number of halogens is 2. The van der Waals surface area contributed by atoms with Crippen molar-refractivity contribution in [1.29, 1.82) is 0 Å². The van der Waals surface area contributed by atoms with E-state index in [2.05, 4.69) is 4.98 Å². The van der Waals surface area contributed by atoms with Crippen molar-refractivity contribution < 1.29 is 8.78 Å². The van der Waals surface area contributed by atoms with Crippen molar-refractivity contribution in [2.75, 3.05) is 5.73 Å². The molecule has 1 aromatic heterocycles. The quantitative estimate of drug-likeness (QED) is 0.873. The average molecular weight is 238 g/mol. The van der Waals surface area contributed by atoms with Gasteiger partial charge in [0.1, 0.15) is 5.03 Å². The molecule has 5 heteroatoms. The second-order valence-corrected chi connectivity index (χ2v) is 4.20. The Bertz CT molecular complexity index is 500. The standard InChI is InChI=1S/C11H8F2N2S/c12-9-3-2-8(5-10(9)13)16-11-4-1-7(14)6-15-11/h1-6H,14H2. The van der Waals surface area contributed by atoms with Crippen molar-refractivity contribution in [3.05, 3.63) is 48.2 Å². The van der Waals surface area contributed by atoms with Crippen molar-refractivity contribution in [3.63, 3.8) is 0 Å². The van der Waals surface area contributed by atoms with Crippen LogP contribution in [0, 0.1) is 11.6 Å². The fourth-order valence-electron chi connectivity index (χ4n) is 1.11. The number of aromatic nitrogens is 1. The van der Waals surface area contributed by atoms with Crippen molar-refractivity contribution in [1.82, 2.24) is 4.98 Å². The Labute approximate surface area is 95.5 Å². The van der Waals surface area contributed by atoms with Gasteiger partial charge >= 0.3 is 0 Å². The molecule has 0 aliphatic carbocycles. The molecule has 82 valence electrons. The van der Waals surface area contributed by atoms with Crippen LogP contribution in [0.25, 0.3) is 0 Å². The number of hydrogen-bond donors (Lipinski definition) is 1. The maximum absolute atomic E-state index is 12.9. The van der Waals surface area contributed by atoms with Crippen molar-refractivity contribution in [3.8, 4) is 0 Å². The zero-order valence-electron chi connectivity index (χ0n) is 8.15. The summed E-state index contributed by atoms with van der Waals surface area (Å²) < 4.78 is 25.6. The normalized spacial score (nSPS) is 10.4. The minimum Gasteiger partial charge on any atom is -0.397 e. The summed E-state index contributed by atoms with van der Waals surface area (Å²) in [6.07, 6.45) is 1.52. The van der Waals surface area contributed by atoms with Gasteiger partial charge in [-0.2, -0.15) is 0 Å². The monoisotopic (exact) mass is 238 g/mol. The third kappa shape index (κ3) is 2.49. The van der Waals surface area contributed by atoms with Gasteiger partial charge < -0.3 is 5.73 Å². The summed E-state index contributed by atoms with van der Waals surface area (Å²) in [6.45, 7) is 0. The van der Waals surface area contributed by atoms with Crippen LogP contribution in [0.1, 0.15) is 0 Å². The molecule has 0 fully saturated rings. The molecular weight excluding hydrogens is 230 g/mol. The number of nitrogen functional groups attached to an aromatic ring is 1. The molecule has 2 nitrogen and oxygen atoms in total. The highest BCUT2D eigenvalue weighted by Gasteiger charge is 2.04. The second kappa shape index (κ2) is 4.49. The van der Waals surface area contributed by atoms with Crippen LogP contribution in [0.5, 0.6) is 0 Å². The van der Waals surface area contributed by atoms with Gasteiger partial charge in [-0.1, -0.05) is 11.8 Å². The Kier molecular flexibility index (Phi) is 3.05. The first-order valence-corrected chi connectivity index (χ1v) is 5.31. The topological polar surface area (TPSA) is 38.9 Å². The van der Waals surface area contributed by atoms with E-state index in [4.69, 9.17) is 5.73 Å². The SMILES string of the molecule is Nc1ccc(Sc2ccc(F)c(F)c2)nc1. The lowest BCUT2D eigenvalue weighted by Gasteiger charge is -2.01. The van der Waals surface area contributed by atoms with E-state index in [0.717, 1.165) is 12.1 Å². The number of anilines is 1. The number of benzene rings is 1. The van der Waals surface area contributed by atoms with Crippen molar-refractivity contribution in [2.45, 2.75) is 9.92 Å². The molecule has 2 N–H and O–H groups in total. The zero-order chi connectivity index (χ0) is 11.5. The number of rotatable bonds is 2. The fraction of sp³-hybridized carbons (Fsp3) is 0. The largest absolute Gasteiger partial charge is 0.397 e. The van der Waals surface area contributed by atoms with Gasteiger partial charge in [0.2, 0.25) is 0 Å². The first-order valence-electron chi connectivity index (χ1n) is 4.49. The summed E-state index contributed by atoms with van der Waals surface area (Å²) in [7, 11) is 0. The lowest BCUT2D eigenvalue weighted by molar-refractivity contribution is 0.506. The number of nitrogens with zero attached hydrogens (tertiary/aromatic N) is 1. The van der Waals surface area contributed by atoms with E-state index in [-0.39, 0.29) is 0 Å². The summed E-state index contributed by atoms with van der Waals surface area (Å²) >= 11 is 1.25. The van der Waals surface area contributed by atoms with Gasteiger partial charge in [-0.15, -0.1) is 0 Å². The zero-order valence-corrected chi connectivity index (χ0v) is 8.97. The third-order valence-electron chi connectivity index (χ3n) is 1.87. The van der Waals surface area contributed by atoms with Crippen LogP contribution in [0.4, 0.5) is 14.5 Å². The van der Waals surface area contributed by atoms with Gasteiger partial charge in [-0.25, -0.2) is 13.8 Å². The van der Waals surface area contributed by atoms with Gasteiger partial charge in [-0.05, 0) is 30.3 Å². The van der Waals surface area contributed by atoms with E-state index in [1.54, 1.807) is 12.1 Å². The summed E-state index contributed by atoms with van der Waals surface area (Å²) in [5.41, 5.74) is 6.05. The molecule has 1 heterocycles. The molecule has 0 aliphatic rings. The highest BCUT2D eigenvalue weighted by atomic mass is 32.2. The van der Waals surface area contributed by atoms with Gasteiger partial charge in [0.15, 0.2) is 11.6 Å². The van der Waals surface area contributed by atoms with Crippen LogP contribution in [0.15, 0.2) is 46.5 Å². The van der Waals surface area contributed by atoms with Gasteiger partial charge in [0.05, 0.1) is 11.9 Å².